The number of hydrogen-bond donors (Lipinski definition) is 1. The number of rotatable bonds is 3. The van der Waals surface area contributed by atoms with Crippen LogP contribution in [0.4, 0.5) is 5.69 Å². The Morgan fingerprint density at radius 1 is 1.22 bits per heavy atom. The van der Waals surface area contributed by atoms with E-state index in [0.717, 1.165) is 0 Å². The van der Waals surface area contributed by atoms with Crippen LogP contribution in [0.3, 0.4) is 0 Å². The molecule has 1 N–H and O–H groups in total. The van der Waals surface area contributed by atoms with Crippen LogP contribution in [-0.4, -0.2) is 13.4 Å². The quantitative estimate of drug-likeness (QED) is 0.867. The molecule has 18 heavy (non-hydrogen) atoms. The minimum atomic E-state index is -3.66. The van der Waals surface area contributed by atoms with Gasteiger partial charge in [0, 0.05) is 10.7 Å². The Hall–Kier alpha value is -1.11. The van der Waals surface area contributed by atoms with Crippen molar-refractivity contribution < 1.29 is 8.42 Å². The Morgan fingerprint density at radius 2 is 2.00 bits per heavy atom. The van der Waals surface area contributed by atoms with Gasteiger partial charge in [-0.05, 0) is 30.3 Å². The van der Waals surface area contributed by atoms with E-state index in [0.29, 0.717) is 4.47 Å². The van der Waals surface area contributed by atoms with Crippen molar-refractivity contribution in [1.29, 1.82) is 0 Å². The molecule has 2 aromatic rings. The minimum absolute atomic E-state index is 0.107. The number of pyridine rings is 1. The van der Waals surface area contributed by atoms with E-state index < -0.39 is 10.0 Å². The molecule has 1 aromatic heterocycles. The third-order valence-corrected chi connectivity index (χ3v) is 4.27. The van der Waals surface area contributed by atoms with Gasteiger partial charge in [0.15, 0.2) is 5.15 Å². The van der Waals surface area contributed by atoms with Crippen molar-refractivity contribution in [3.8, 4) is 0 Å². The van der Waals surface area contributed by atoms with Crippen LogP contribution in [0.15, 0.2) is 52.0 Å². The van der Waals surface area contributed by atoms with Gasteiger partial charge in [-0.1, -0.05) is 33.6 Å². The van der Waals surface area contributed by atoms with E-state index in [4.69, 9.17) is 11.6 Å². The van der Waals surface area contributed by atoms with E-state index in [1.807, 2.05) is 0 Å². The molecule has 0 unspecified atom stereocenters. The minimum Gasteiger partial charge on any atom is -0.276 e. The van der Waals surface area contributed by atoms with Gasteiger partial charge in [0.2, 0.25) is 0 Å². The van der Waals surface area contributed by atoms with Crippen molar-refractivity contribution in [3.05, 3.63) is 52.2 Å². The van der Waals surface area contributed by atoms with Crippen LogP contribution in [0.2, 0.25) is 5.15 Å². The molecule has 0 bridgehead atoms. The Labute approximate surface area is 118 Å². The van der Waals surface area contributed by atoms with E-state index in [1.165, 1.54) is 18.3 Å². The number of nitrogens with zero attached hydrogens (tertiary/aromatic N) is 1. The van der Waals surface area contributed by atoms with Crippen molar-refractivity contribution in [2.24, 2.45) is 0 Å². The summed E-state index contributed by atoms with van der Waals surface area (Å²) in [7, 11) is -3.66. The molecule has 0 aliphatic carbocycles. The van der Waals surface area contributed by atoms with E-state index in [1.54, 1.807) is 24.3 Å². The summed E-state index contributed by atoms with van der Waals surface area (Å²) in [5.74, 6) is 0. The molecule has 0 amide bonds. The highest BCUT2D eigenvalue weighted by Gasteiger charge is 2.15. The van der Waals surface area contributed by atoms with Crippen molar-refractivity contribution in [2.75, 3.05) is 4.72 Å². The van der Waals surface area contributed by atoms with Crippen LogP contribution in [-0.2, 0) is 10.0 Å². The van der Waals surface area contributed by atoms with Crippen LogP contribution < -0.4 is 4.72 Å². The lowest BCUT2D eigenvalue weighted by Crippen LogP contribution is -2.13. The lowest BCUT2D eigenvalue weighted by Gasteiger charge is -2.08. The molecule has 2 rings (SSSR count). The highest BCUT2D eigenvalue weighted by molar-refractivity contribution is 9.10. The lowest BCUT2D eigenvalue weighted by molar-refractivity contribution is 0.601. The van der Waals surface area contributed by atoms with Crippen LogP contribution in [0.25, 0.3) is 0 Å². The summed E-state index contributed by atoms with van der Waals surface area (Å²) in [5.41, 5.74) is 0.249. The molecule has 0 atom stereocenters. The average Bonchev–Trinajstić information content (AvgIpc) is 2.32. The molecule has 7 heteroatoms. The molecule has 0 fully saturated rings. The summed E-state index contributed by atoms with van der Waals surface area (Å²) in [6.45, 7) is 0. The number of aromatic nitrogens is 1. The van der Waals surface area contributed by atoms with E-state index in [-0.39, 0.29) is 15.7 Å². The monoisotopic (exact) mass is 346 g/mol. The largest absolute Gasteiger partial charge is 0.276 e. The number of benzene rings is 1. The van der Waals surface area contributed by atoms with Crippen LogP contribution in [0, 0.1) is 0 Å². The van der Waals surface area contributed by atoms with Crippen LogP contribution in [0.5, 0.6) is 0 Å². The summed E-state index contributed by atoms with van der Waals surface area (Å²) < 4.78 is 27.2. The van der Waals surface area contributed by atoms with Gasteiger partial charge in [-0.2, -0.15) is 0 Å². The fourth-order valence-electron chi connectivity index (χ4n) is 1.30. The highest BCUT2D eigenvalue weighted by atomic mass is 79.9. The normalized spacial score (nSPS) is 11.2. The van der Waals surface area contributed by atoms with Gasteiger partial charge < -0.3 is 0 Å². The zero-order valence-corrected chi connectivity index (χ0v) is 12.1. The van der Waals surface area contributed by atoms with Gasteiger partial charge in [0.25, 0.3) is 10.0 Å². The summed E-state index contributed by atoms with van der Waals surface area (Å²) in [5, 5.41) is 0.107. The fourth-order valence-corrected chi connectivity index (χ4v) is 3.19. The first kappa shape index (κ1) is 13.3. The number of sulfonamides is 1. The molecule has 0 aliphatic heterocycles. The summed E-state index contributed by atoms with van der Waals surface area (Å²) in [6, 6.07) is 9.54. The van der Waals surface area contributed by atoms with Crippen molar-refractivity contribution in [2.45, 2.75) is 4.90 Å². The third-order valence-electron chi connectivity index (χ3n) is 2.11. The topological polar surface area (TPSA) is 59.1 Å². The van der Waals surface area contributed by atoms with Gasteiger partial charge in [0.1, 0.15) is 0 Å². The Bertz CT molecular complexity index is 676. The molecule has 94 valence electrons. The summed E-state index contributed by atoms with van der Waals surface area (Å²) >= 11 is 9.03. The smallest absolute Gasteiger partial charge is 0.262 e. The molecule has 4 nitrogen and oxygen atoms in total. The van der Waals surface area contributed by atoms with E-state index in [9.17, 15) is 8.42 Å². The molecule has 0 radical (unpaired) electrons. The third kappa shape index (κ3) is 3.01. The molecule has 0 aliphatic rings. The van der Waals surface area contributed by atoms with E-state index >= 15 is 0 Å². The van der Waals surface area contributed by atoms with Crippen molar-refractivity contribution in [1.82, 2.24) is 4.98 Å². The molecule has 1 heterocycles. The lowest BCUT2D eigenvalue weighted by atomic mass is 10.4. The number of halogens is 2. The SMILES string of the molecule is O=S(=O)(Nc1cccnc1Cl)c1cccc(Br)c1. The van der Waals surface area contributed by atoms with Crippen LogP contribution >= 0.6 is 27.5 Å². The predicted octanol–water partition coefficient (Wildman–Crippen LogP) is 3.30. The summed E-state index contributed by atoms with van der Waals surface area (Å²) in [6.07, 6.45) is 1.49. The molecule has 0 saturated carbocycles. The first-order valence-electron chi connectivity index (χ1n) is 4.88. The molecule has 0 spiro atoms. The number of anilines is 1. The Balaban J connectivity index is 2.37. The van der Waals surface area contributed by atoms with Gasteiger partial charge in [-0.15, -0.1) is 0 Å². The highest BCUT2D eigenvalue weighted by Crippen LogP contribution is 2.23. The second-order valence-electron chi connectivity index (χ2n) is 3.40. The van der Waals surface area contributed by atoms with Crippen LogP contribution in [0.1, 0.15) is 0 Å². The zero-order chi connectivity index (χ0) is 13.2. The van der Waals surface area contributed by atoms with Gasteiger partial charge in [0.05, 0.1) is 10.6 Å². The fraction of sp³-hybridized carbons (Fsp3) is 0. The van der Waals surface area contributed by atoms with Gasteiger partial charge in [-0.3, -0.25) is 4.72 Å². The van der Waals surface area contributed by atoms with Crippen molar-refractivity contribution in [3.63, 3.8) is 0 Å². The van der Waals surface area contributed by atoms with Gasteiger partial charge in [-0.25, -0.2) is 13.4 Å². The average molecular weight is 348 g/mol. The van der Waals surface area contributed by atoms with E-state index in [2.05, 4.69) is 25.6 Å². The first-order valence-corrected chi connectivity index (χ1v) is 7.53. The summed E-state index contributed by atoms with van der Waals surface area (Å²) in [4.78, 5) is 3.95. The zero-order valence-electron chi connectivity index (χ0n) is 8.97. The maximum absolute atomic E-state index is 12.1. The standard InChI is InChI=1S/C11H8BrClN2O2S/c12-8-3-1-4-9(7-8)18(16,17)15-10-5-2-6-14-11(10)13/h1-7,15H. The maximum Gasteiger partial charge on any atom is 0.262 e. The Kier molecular flexibility index (Phi) is 3.89. The number of hydrogen-bond acceptors (Lipinski definition) is 3. The molecule has 0 saturated heterocycles. The van der Waals surface area contributed by atoms with Gasteiger partial charge >= 0.3 is 0 Å². The Morgan fingerprint density at radius 3 is 2.67 bits per heavy atom. The predicted molar refractivity (Wildman–Crippen MR) is 74.2 cm³/mol. The maximum atomic E-state index is 12.1. The molecular formula is C11H8BrClN2O2S. The van der Waals surface area contributed by atoms with Crippen molar-refractivity contribution >= 4 is 43.2 Å². The number of nitrogens with one attached hydrogen (secondary N) is 1. The second kappa shape index (κ2) is 5.26. The molecule has 1 aromatic carbocycles. The first-order chi connectivity index (χ1) is 8.49. The molecular weight excluding hydrogens is 340 g/mol. The second-order valence-corrected chi connectivity index (χ2v) is 6.36.